The standard InChI is InChI=1S/C17H17BrN2O/c18-14-5-3-12(4-6-14)10-17(21)20-9-1-2-13-11-15(19)7-8-16(13)20/h3-8,11H,1-2,9-10,19H2. The molecular weight excluding hydrogens is 328 g/mol. The first-order valence-corrected chi connectivity index (χ1v) is 7.86. The Labute approximate surface area is 132 Å². The van der Waals surface area contributed by atoms with Gasteiger partial charge in [0.15, 0.2) is 0 Å². The molecule has 21 heavy (non-hydrogen) atoms. The fraction of sp³-hybridized carbons (Fsp3) is 0.235. The van der Waals surface area contributed by atoms with Crippen LogP contribution in [0.2, 0.25) is 0 Å². The van der Waals surface area contributed by atoms with E-state index in [-0.39, 0.29) is 5.91 Å². The van der Waals surface area contributed by atoms with Gasteiger partial charge in [-0.1, -0.05) is 28.1 Å². The van der Waals surface area contributed by atoms with Gasteiger partial charge in [-0.05, 0) is 54.3 Å². The fourth-order valence-electron chi connectivity index (χ4n) is 2.75. The quantitative estimate of drug-likeness (QED) is 0.846. The maximum Gasteiger partial charge on any atom is 0.231 e. The van der Waals surface area contributed by atoms with Gasteiger partial charge in [-0.25, -0.2) is 0 Å². The number of rotatable bonds is 2. The van der Waals surface area contributed by atoms with Crippen LogP contribution in [-0.4, -0.2) is 12.5 Å². The van der Waals surface area contributed by atoms with Gasteiger partial charge >= 0.3 is 0 Å². The maximum atomic E-state index is 12.6. The lowest BCUT2D eigenvalue weighted by Gasteiger charge is -2.29. The van der Waals surface area contributed by atoms with E-state index in [1.165, 1.54) is 5.56 Å². The SMILES string of the molecule is Nc1ccc2c(c1)CCCN2C(=O)Cc1ccc(Br)cc1. The third-order valence-electron chi connectivity index (χ3n) is 3.79. The highest BCUT2D eigenvalue weighted by Crippen LogP contribution is 2.29. The zero-order valence-corrected chi connectivity index (χ0v) is 13.3. The summed E-state index contributed by atoms with van der Waals surface area (Å²) < 4.78 is 1.03. The second-order valence-electron chi connectivity index (χ2n) is 5.34. The van der Waals surface area contributed by atoms with E-state index in [1.54, 1.807) is 0 Å². The highest BCUT2D eigenvalue weighted by atomic mass is 79.9. The third-order valence-corrected chi connectivity index (χ3v) is 4.32. The zero-order chi connectivity index (χ0) is 14.8. The Kier molecular flexibility index (Phi) is 3.97. The summed E-state index contributed by atoms with van der Waals surface area (Å²) >= 11 is 3.41. The maximum absolute atomic E-state index is 12.6. The van der Waals surface area contributed by atoms with Crippen molar-refractivity contribution in [3.63, 3.8) is 0 Å². The van der Waals surface area contributed by atoms with Crippen molar-refractivity contribution in [2.45, 2.75) is 19.3 Å². The number of benzene rings is 2. The van der Waals surface area contributed by atoms with Crippen molar-refractivity contribution in [3.05, 3.63) is 58.1 Å². The van der Waals surface area contributed by atoms with E-state index in [4.69, 9.17) is 5.73 Å². The number of amides is 1. The molecule has 108 valence electrons. The summed E-state index contributed by atoms with van der Waals surface area (Å²) in [6.07, 6.45) is 2.40. The molecule has 1 heterocycles. The molecule has 0 aromatic heterocycles. The molecule has 0 aliphatic carbocycles. The summed E-state index contributed by atoms with van der Waals surface area (Å²) in [7, 11) is 0. The van der Waals surface area contributed by atoms with Gasteiger partial charge in [-0.3, -0.25) is 4.79 Å². The number of nitrogens with zero attached hydrogens (tertiary/aromatic N) is 1. The number of aryl methyl sites for hydroxylation is 1. The Hall–Kier alpha value is -1.81. The molecule has 0 bridgehead atoms. The highest BCUT2D eigenvalue weighted by molar-refractivity contribution is 9.10. The van der Waals surface area contributed by atoms with Crippen LogP contribution in [-0.2, 0) is 17.6 Å². The molecule has 0 saturated carbocycles. The summed E-state index contributed by atoms with van der Waals surface area (Å²) in [5.74, 6) is 0.142. The first kappa shape index (κ1) is 14.1. The Morgan fingerprint density at radius 1 is 1.19 bits per heavy atom. The molecule has 2 N–H and O–H groups in total. The highest BCUT2D eigenvalue weighted by Gasteiger charge is 2.22. The van der Waals surface area contributed by atoms with Gasteiger partial charge in [0.25, 0.3) is 0 Å². The van der Waals surface area contributed by atoms with Gasteiger partial charge in [-0.15, -0.1) is 0 Å². The number of anilines is 2. The number of nitrogen functional groups attached to an aromatic ring is 1. The van der Waals surface area contributed by atoms with Crippen LogP contribution in [0, 0.1) is 0 Å². The predicted molar refractivity (Wildman–Crippen MR) is 89.4 cm³/mol. The van der Waals surface area contributed by atoms with E-state index in [0.717, 1.165) is 40.8 Å². The number of carbonyl (C=O) groups excluding carboxylic acids is 1. The van der Waals surface area contributed by atoms with Gasteiger partial charge in [0, 0.05) is 22.4 Å². The summed E-state index contributed by atoms with van der Waals surface area (Å²) in [6, 6.07) is 13.7. The lowest BCUT2D eigenvalue weighted by atomic mass is 10.00. The van der Waals surface area contributed by atoms with Crippen LogP contribution in [0.1, 0.15) is 17.5 Å². The number of hydrogen-bond acceptors (Lipinski definition) is 2. The Balaban J connectivity index is 1.81. The molecule has 0 spiro atoms. The molecule has 1 aliphatic heterocycles. The molecular formula is C17H17BrN2O. The Morgan fingerprint density at radius 3 is 2.71 bits per heavy atom. The summed E-state index contributed by atoms with van der Waals surface area (Å²) in [6.45, 7) is 0.784. The molecule has 0 unspecified atom stereocenters. The van der Waals surface area contributed by atoms with Crippen LogP contribution in [0.15, 0.2) is 46.9 Å². The van der Waals surface area contributed by atoms with E-state index in [2.05, 4.69) is 15.9 Å². The topological polar surface area (TPSA) is 46.3 Å². The van der Waals surface area contributed by atoms with Crippen molar-refractivity contribution in [1.29, 1.82) is 0 Å². The van der Waals surface area contributed by atoms with Crippen LogP contribution in [0.25, 0.3) is 0 Å². The number of hydrogen-bond donors (Lipinski definition) is 1. The van der Waals surface area contributed by atoms with Crippen molar-refractivity contribution >= 4 is 33.2 Å². The van der Waals surface area contributed by atoms with Crippen molar-refractivity contribution < 1.29 is 4.79 Å². The number of carbonyl (C=O) groups is 1. The summed E-state index contributed by atoms with van der Waals surface area (Å²) in [5, 5.41) is 0. The average molecular weight is 345 g/mol. The molecule has 2 aromatic rings. The smallest absolute Gasteiger partial charge is 0.231 e. The second kappa shape index (κ2) is 5.90. The van der Waals surface area contributed by atoms with Crippen LogP contribution < -0.4 is 10.6 Å². The largest absolute Gasteiger partial charge is 0.399 e. The monoisotopic (exact) mass is 344 g/mol. The minimum atomic E-state index is 0.142. The fourth-order valence-corrected chi connectivity index (χ4v) is 3.01. The minimum Gasteiger partial charge on any atom is -0.399 e. The van der Waals surface area contributed by atoms with E-state index >= 15 is 0 Å². The van der Waals surface area contributed by atoms with E-state index in [1.807, 2.05) is 47.4 Å². The zero-order valence-electron chi connectivity index (χ0n) is 11.7. The minimum absolute atomic E-state index is 0.142. The summed E-state index contributed by atoms with van der Waals surface area (Å²) in [5.41, 5.74) is 9.81. The molecule has 0 radical (unpaired) electrons. The summed E-state index contributed by atoms with van der Waals surface area (Å²) in [4.78, 5) is 14.5. The van der Waals surface area contributed by atoms with Crippen LogP contribution in [0.3, 0.4) is 0 Å². The van der Waals surface area contributed by atoms with Gasteiger partial charge in [0.2, 0.25) is 5.91 Å². The van der Waals surface area contributed by atoms with Gasteiger partial charge in [0.1, 0.15) is 0 Å². The van der Waals surface area contributed by atoms with E-state index in [9.17, 15) is 4.79 Å². The van der Waals surface area contributed by atoms with Gasteiger partial charge in [0.05, 0.1) is 6.42 Å². The second-order valence-corrected chi connectivity index (χ2v) is 6.26. The van der Waals surface area contributed by atoms with Gasteiger partial charge in [-0.2, -0.15) is 0 Å². The number of halogens is 1. The molecule has 0 fully saturated rings. The normalized spacial score (nSPS) is 13.9. The first-order valence-electron chi connectivity index (χ1n) is 7.07. The number of nitrogens with two attached hydrogens (primary N) is 1. The molecule has 3 nitrogen and oxygen atoms in total. The van der Waals surface area contributed by atoms with E-state index in [0.29, 0.717) is 6.42 Å². The number of fused-ring (bicyclic) bond motifs is 1. The molecule has 3 rings (SSSR count). The molecule has 0 saturated heterocycles. The average Bonchev–Trinajstić information content (AvgIpc) is 2.48. The van der Waals surface area contributed by atoms with Crippen LogP contribution >= 0.6 is 15.9 Å². The van der Waals surface area contributed by atoms with Crippen LogP contribution in [0.4, 0.5) is 11.4 Å². The Morgan fingerprint density at radius 2 is 1.95 bits per heavy atom. The third kappa shape index (κ3) is 3.10. The van der Waals surface area contributed by atoms with Crippen molar-refractivity contribution in [3.8, 4) is 0 Å². The predicted octanol–water partition coefficient (Wildman–Crippen LogP) is 3.55. The molecule has 2 aromatic carbocycles. The molecule has 0 atom stereocenters. The van der Waals surface area contributed by atoms with Crippen molar-refractivity contribution in [2.24, 2.45) is 0 Å². The van der Waals surface area contributed by atoms with Crippen molar-refractivity contribution in [1.82, 2.24) is 0 Å². The van der Waals surface area contributed by atoms with Crippen molar-refractivity contribution in [2.75, 3.05) is 17.2 Å². The van der Waals surface area contributed by atoms with Crippen LogP contribution in [0.5, 0.6) is 0 Å². The van der Waals surface area contributed by atoms with E-state index < -0.39 is 0 Å². The lowest BCUT2D eigenvalue weighted by molar-refractivity contribution is -0.118. The molecule has 1 amide bonds. The first-order chi connectivity index (χ1) is 10.1. The molecule has 1 aliphatic rings. The molecule has 4 heteroatoms. The Bertz CT molecular complexity index is 667. The van der Waals surface area contributed by atoms with Gasteiger partial charge < -0.3 is 10.6 Å². The lowest BCUT2D eigenvalue weighted by Crippen LogP contribution is -2.36.